The minimum atomic E-state index is -1.50. The molecule has 21 heavy (non-hydrogen) atoms. The normalized spacial score (nSPS) is 13.8. The van der Waals surface area contributed by atoms with Crippen molar-refractivity contribution in [3.05, 3.63) is 27.4 Å². The summed E-state index contributed by atoms with van der Waals surface area (Å²) in [7, 11) is 0. The quantitative estimate of drug-likeness (QED) is 0.593. The van der Waals surface area contributed by atoms with Gasteiger partial charge in [0, 0.05) is 5.92 Å². The van der Waals surface area contributed by atoms with Crippen molar-refractivity contribution in [2.45, 2.75) is 45.8 Å². The number of aromatic nitrogens is 2. The van der Waals surface area contributed by atoms with Crippen LogP contribution < -0.4 is 10.9 Å². The van der Waals surface area contributed by atoms with Gasteiger partial charge in [0.15, 0.2) is 6.04 Å². The molecule has 1 aromatic heterocycles. The predicted molar refractivity (Wildman–Crippen MR) is 74.3 cm³/mol. The molecule has 8 nitrogen and oxygen atoms in total. The minimum absolute atomic E-state index is 0.0160. The molecule has 4 N–H and O–H groups in total. The molecule has 0 radical (unpaired) electrons. The Bertz CT molecular complexity index is 606. The molecular weight excluding hydrogens is 278 g/mol. The number of hydrogen-bond donors (Lipinski definition) is 4. The zero-order chi connectivity index (χ0) is 16.3. The standard InChI is InChI=1S/C13H19N3O5/c1-5(2)10-14-6(3)8(12(19)16-10)11(18)15-9(7(4)17)13(20)21/h5,7,9,17H,1-4H3,(H,15,18)(H,20,21)(H,14,16,19)/t7-,9+/m1/s1. The number of aliphatic carboxylic acids is 1. The lowest BCUT2D eigenvalue weighted by Gasteiger charge is -2.17. The molecule has 1 amide bonds. The van der Waals surface area contributed by atoms with Gasteiger partial charge in [-0.15, -0.1) is 0 Å². The summed E-state index contributed by atoms with van der Waals surface area (Å²) in [6, 6.07) is -1.50. The van der Waals surface area contributed by atoms with Crippen LogP contribution in [0.3, 0.4) is 0 Å². The van der Waals surface area contributed by atoms with E-state index in [0.29, 0.717) is 5.82 Å². The lowest BCUT2D eigenvalue weighted by molar-refractivity contribution is -0.141. The van der Waals surface area contributed by atoms with Crippen LogP contribution in [0.15, 0.2) is 4.79 Å². The van der Waals surface area contributed by atoms with Gasteiger partial charge in [-0.1, -0.05) is 13.8 Å². The number of carboxylic acids is 1. The van der Waals surface area contributed by atoms with E-state index >= 15 is 0 Å². The Morgan fingerprint density at radius 1 is 1.29 bits per heavy atom. The van der Waals surface area contributed by atoms with E-state index in [1.807, 2.05) is 13.8 Å². The van der Waals surface area contributed by atoms with Crippen LogP contribution in [0.1, 0.15) is 48.6 Å². The summed E-state index contributed by atoms with van der Waals surface area (Å²) in [4.78, 5) is 41.6. The number of carbonyl (C=O) groups is 2. The first-order valence-corrected chi connectivity index (χ1v) is 6.47. The van der Waals surface area contributed by atoms with Gasteiger partial charge in [0.1, 0.15) is 11.4 Å². The predicted octanol–water partition coefficient (Wildman–Crippen LogP) is -0.234. The van der Waals surface area contributed by atoms with E-state index in [1.54, 1.807) is 0 Å². The van der Waals surface area contributed by atoms with Gasteiger partial charge in [-0.25, -0.2) is 9.78 Å². The van der Waals surface area contributed by atoms with Gasteiger partial charge in [0.05, 0.1) is 11.8 Å². The van der Waals surface area contributed by atoms with Crippen molar-refractivity contribution in [1.29, 1.82) is 0 Å². The molecule has 0 aromatic carbocycles. The van der Waals surface area contributed by atoms with E-state index in [2.05, 4.69) is 15.3 Å². The molecule has 8 heteroatoms. The Labute approximate surface area is 121 Å². The molecule has 0 fully saturated rings. The number of aliphatic hydroxyl groups is 1. The van der Waals surface area contributed by atoms with Crippen molar-refractivity contribution in [3.63, 3.8) is 0 Å². The van der Waals surface area contributed by atoms with Gasteiger partial charge in [0.2, 0.25) is 0 Å². The average Bonchev–Trinajstić information content (AvgIpc) is 2.33. The molecule has 2 atom stereocenters. The van der Waals surface area contributed by atoms with Crippen LogP contribution in [0.4, 0.5) is 0 Å². The van der Waals surface area contributed by atoms with Gasteiger partial charge in [0.25, 0.3) is 11.5 Å². The molecule has 1 rings (SSSR count). The number of aromatic amines is 1. The number of amides is 1. The van der Waals surface area contributed by atoms with Gasteiger partial charge >= 0.3 is 5.97 Å². The molecule has 1 aromatic rings. The number of aryl methyl sites for hydroxylation is 1. The summed E-state index contributed by atoms with van der Waals surface area (Å²) >= 11 is 0. The summed E-state index contributed by atoms with van der Waals surface area (Å²) in [6.07, 6.45) is -1.30. The highest BCUT2D eigenvalue weighted by molar-refractivity contribution is 5.97. The molecule has 0 aliphatic rings. The van der Waals surface area contributed by atoms with Crippen molar-refractivity contribution in [3.8, 4) is 0 Å². The van der Waals surface area contributed by atoms with Crippen LogP contribution in [0.2, 0.25) is 0 Å². The molecule has 0 saturated heterocycles. The maximum Gasteiger partial charge on any atom is 0.328 e. The fourth-order valence-electron chi connectivity index (χ4n) is 1.75. The fourth-order valence-corrected chi connectivity index (χ4v) is 1.75. The third-order valence-corrected chi connectivity index (χ3v) is 2.93. The molecule has 0 aliphatic heterocycles. The average molecular weight is 297 g/mol. The second kappa shape index (κ2) is 6.49. The second-order valence-electron chi connectivity index (χ2n) is 5.10. The Morgan fingerprint density at radius 2 is 1.86 bits per heavy atom. The zero-order valence-electron chi connectivity index (χ0n) is 12.3. The van der Waals surface area contributed by atoms with E-state index in [-0.39, 0.29) is 17.2 Å². The first kappa shape index (κ1) is 16.8. The first-order valence-electron chi connectivity index (χ1n) is 6.47. The third kappa shape index (κ3) is 3.88. The van der Waals surface area contributed by atoms with Gasteiger partial charge in [-0.2, -0.15) is 0 Å². The third-order valence-electron chi connectivity index (χ3n) is 2.93. The summed E-state index contributed by atoms with van der Waals surface area (Å²) in [5.41, 5.74) is -0.695. The molecule has 0 unspecified atom stereocenters. The highest BCUT2D eigenvalue weighted by Crippen LogP contribution is 2.09. The van der Waals surface area contributed by atoms with Gasteiger partial charge < -0.3 is 20.5 Å². The molecule has 0 bridgehead atoms. The molecule has 1 heterocycles. The Balaban J connectivity index is 3.14. The number of carboxylic acid groups (broad SMARTS) is 1. The van der Waals surface area contributed by atoms with E-state index in [9.17, 15) is 19.5 Å². The summed E-state index contributed by atoms with van der Waals surface area (Å²) in [6.45, 7) is 6.40. The Kier molecular flexibility index (Phi) is 5.20. The maximum atomic E-state index is 12.0. The van der Waals surface area contributed by atoms with Crippen LogP contribution >= 0.6 is 0 Å². The van der Waals surface area contributed by atoms with E-state index in [1.165, 1.54) is 13.8 Å². The Morgan fingerprint density at radius 3 is 2.24 bits per heavy atom. The lowest BCUT2D eigenvalue weighted by Crippen LogP contribution is -2.49. The van der Waals surface area contributed by atoms with Crippen LogP contribution in [0.25, 0.3) is 0 Å². The SMILES string of the molecule is Cc1nc(C(C)C)[nH]c(=O)c1C(=O)N[C@H](C(=O)O)[C@@H](C)O. The number of rotatable bonds is 5. The number of nitrogens with zero attached hydrogens (tertiary/aromatic N) is 1. The second-order valence-corrected chi connectivity index (χ2v) is 5.10. The number of aliphatic hydroxyl groups excluding tert-OH is 1. The van der Waals surface area contributed by atoms with Crippen molar-refractivity contribution in [2.75, 3.05) is 0 Å². The monoisotopic (exact) mass is 297 g/mol. The summed E-state index contributed by atoms with van der Waals surface area (Å²) < 4.78 is 0. The van der Waals surface area contributed by atoms with E-state index in [0.717, 1.165) is 0 Å². The lowest BCUT2D eigenvalue weighted by atomic mass is 10.1. The number of H-pyrrole nitrogens is 1. The highest BCUT2D eigenvalue weighted by atomic mass is 16.4. The van der Waals surface area contributed by atoms with Gasteiger partial charge in [-0.05, 0) is 13.8 Å². The van der Waals surface area contributed by atoms with Gasteiger partial charge in [-0.3, -0.25) is 9.59 Å². The van der Waals surface area contributed by atoms with Crippen molar-refractivity contribution < 1.29 is 19.8 Å². The fraction of sp³-hybridized carbons (Fsp3) is 0.538. The van der Waals surface area contributed by atoms with Crippen LogP contribution in [-0.2, 0) is 4.79 Å². The minimum Gasteiger partial charge on any atom is -0.480 e. The number of nitrogens with one attached hydrogen (secondary N) is 2. The molecule has 0 aliphatic carbocycles. The molecule has 0 saturated carbocycles. The summed E-state index contributed by atoms with van der Waals surface area (Å²) in [5.74, 6) is -1.85. The summed E-state index contributed by atoms with van der Waals surface area (Å²) in [5, 5.41) is 20.4. The maximum absolute atomic E-state index is 12.0. The van der Waals surface area contributed by atoms with Crippen LogP contribution in [0.5, 0.6) is 0 Å². The highest BCUT2D eigenvalue weighted by Gasteiger charge is 2.27. The number of hydrogen-bond acceptors (Lipinski definition) is 5. The van der Waals surface area contributed by atoms with Crippen LogP contribution in [0, 0.1) is 6.92 Å². The molecule has 0 spiro atoms. The zero-order valence-corrected chi connectivity index (χ0v) is 12.3. The van der Waals surface area contributed by atoms with E-state index < -0.39 is 29.6 Å². The first-order chi connectivity index (χ1) is 9.65. The van der Waals surface area contributed by atoms with Crippen molar-refractivity contribution in [1.82, 2.24) is 15.3 Å². The largest absolute Gasteiger partial charge is 0.480 e. The smallest absolute Gasteiger partial charge is 0.328 e. The number of carbonyl (C=O) groups excluding carboxylic acids is 1. The van der Waals surface area contributed by atoms with Crippen molar-refractivity contribution in [2.24, 2.45) is 0 Å². The topological polar surface area (TPSA) is 132 Å². The molecular formula is C13H19N3O5. The Hall–Kier alpha value is -2.22. The van der Waals surface area contributed by atoms with E-state index in [4.69, 9.17) is 5.11 Å². The van der Waals surface area contributed by atoms with Crippen molar-refractivity contribution >= 4 is 11.9 Å². The van der Waals surface area contributed by atoms with Crippen LogP contribution in [-0.4, -0.2) is 44.2 Å². The molecule has 116 valence electrons.